The molecule has 1 aromatic heterocycles. The number of thiophene rings is 1. The van der Waals surface area contributed by atoms with Gasteiger partial charge in [-0.25, -0.2) is 0 Å². The monoisotopic (exact) mass is 272 g/mol. The van der Waals surface area contributed by atoms with Crippen LogP contribution in [0.3, 0.4) is 0 Å². The van der Waals surface area contributed by atoms with Crippen LogP contribution in [-0.2, 0) is 16.1 Å². The second kappa shape index (κ2) is 4.40. The molecule has 2 amide bonds. The lowest BCUT2D eigenvalue weighted by molar-refractivity contribution is -0.153. The minimum Gasteiger partial charge on any atom is -0.295 e. The third-order valence-corrected chi connectivity index (χ3v) is 3.92. The normalized spacial score (nSPS) is 19.8. The summed E-state index contributed by atoms with van der Waals surface area (Å²) in [6.07, 6.45) is 0. The fraction of sp³-hybridized carbons (Fsp3) is 0.455. The van der Waals surface area contributed by atoms with Gasteiger partial charge in [-0.2, -0.15) is 0 Å². The average Bonchev–Trinajstić information content (AvgIpc) is 2.66. The molecule has 0 aromatic carbocycles. The van der Waals surface area contributed by atoms with Gasteiger partial charge in [-0.15, -0.1) is 11.3 Å². The van der Waals surface area contributed by atoms with Crippen molar-refractivity contribution in [1.29, 1.82) is 0 Å². The van der Waals surface area contributed by atoms with Gasteiger partial charge in [-0.05, 0) is 26.0 Å². The van der Waals surface area contributed by atoms with E-state index in [0.717, 1.165) is 4.88 Å². The van der Waals surface area contributed by atoms with Crippen LogP contribution in [0.4, 0.5) is 0 Å². The van der Waals surface area contributed by atoms with Crippen LogP contribution < -0.4 is 5.32 Å². The van der Waals surface area contributed by atoms with E-state index in [1.807, 2.05) is 6.07 Å². The maximum atomic E-state index is 12.1. The van der Waals surface area contributed by atoms with Gasteiger partial charge in [0.05, 0.1) is 23.0 Å². The molecule has 1 aliphatic heterocycles. The molecule has 92 valence electrons. The van der Waals surface area contributed by atoms with Crippen LogP contribution >= 0.6 is 22.9 Å². The summed E-state index contributed by atoms with van der Waals surface area (Å²) in [5.74, 6) is -0.392. The SMILES string of the molecule is CC1(C)NCC(=O)N(Cc2ccc(Cl)s2)C1=O. The Labute approximate surface area is 109 Å². The number of imide groups is 1. The number of nitrogens with zero attached hydrogens (tertiary/aromatic N) is 1. The predicted octanol–water partition coefficient (Wildman–Crippen LogP) is 1.64. The number of amides is 2. The lowest BCUT2D eigenvalue weighted by atomic mass is 10.0. The largest absolute Gasteiger partial charge is 0.295 e. The summed E-state index contributed by atoms with van der Waals surface area (Å²) < 4.78 is 0.661. The average molecular weight is 273 g/mol. The number of carbonyl (C=O) groups excluding carboxylic acids is 2. The zero-order chi connectivity index (χ0) is 12.6. The van der Waals surface area contributed by atoms with Crippen LogP contribution in [0.5, 0.6) is 0 Å². The molecule has 0 saturated carbocycles. The number of nitrogens with one attached hydrogen (secondary N) is 1. The summed E-state index contributed by atoms with van der Waals surface area (Å²) in [4.78, 5) is 26.0. The van der Waals surface area contributed by atoms with Crippen molar-refractivity contribution < 1.29 is 9.59 Å². The van der Waals surface area contributed by atoms with E-state index in [-0.39, 0.29) is 18.4 Å². The molecule has 6 heteroatoms. The highest BCUT2D eigenvalue weighted by molar-refractivity contribution is 7.16. The molecular weight excluding hydrogens is 260 g/mol. The molecule has 2 rings (SSSR count). The molecule has 0 unspecified atom stereocenters. The molecule has 1 aromatic rings. The zero-order valence-corrected chi connectivity index (χ0v) is 11.2. The Morgan fingerprint density at radius 2 is 2.18 bits per heavy atom. The number of piperazine rings is 1. The summed E-state index contributed by atoms with van der Waals surface area (Å²) in [6, 6.07) is 3.60. The first-order chi connectivity index (χ1) is 7.90. The van der Waals surface area contributed by atoms with Crippen LogP contribution in [0, 0.1) is 0 Å². The molecule has 0 bridgehead atoms. The Morgan fingerprint density at radius 3 is 2.76 bits per heavy atom. The van der Waals surface area contributed by atoms with Crippen LogP contribution in [0.2, 0.25) is 4.34 Å². The van der Waals surface area contributed by atoms with Crippen molar-refractivity contribution in [1.82, 2.24) is 10.2 Å². The molecule has 2 heterocycles. The number of halogens is 1. The van der Waals surface area contributed by atoms with Crippen molar-refractivity contribution in [2.45, 2.75) is 25.9 Å². The van der Waals surface area contributed by atoms with E-state index in [1.54, 1.807) is 19.9 Å². The lowest BCUT2D eigenvalue weighted by Crippen LogP contribution is -2.63. The Hall–Kier alpha value is -0.910. The highest BCUT2D eigenvalue weighted by Crippen LogP contribution is 2.24. The van der Waals surface area contributed by atoms with Gasteiger partial charge >= 0.3 is 0 Å². The summed E-state index contributed by atoms with van der Waals surface area (Å²) in [5, 5.41) is 2.92. The molecule has 1 N–H and O–H groups in total. The summed E-state index contributed by atoms with van der Waals surface area (Å²) in [6.45, 7) is 4.05. The Kier molecular flexibility index (Phi) is 3.25. The van der Waals surface area contributed by atoms with Gasteiger partial charge in [0.25, 0.3) is 0 Å². The molecule has 0 aliphatic carbocycles. The summed E-state index contributed by atoms with van der Waals surface area (Å²) in [7, 11) is 0. The molecule has 1 fully saturated rings. The minimum absolute atomic E-state index is 0.192. The molecule has 17 heavy (non-hydrogen) atoms. The Balaban J connectivity index is 2.18. The van der Waals surface area contributed by atoms with Gasteiger partial charge in [-0.3, -0.25) is 19.8 Å². The number of hydrogen-bond acceptors (Lipinski definition) is 4. The highest BCUT2D eigenvalue weighted by Gasteiger charge is 2.39. The fourth-order valence-electron chi connectivity index (χ4n) is 1.67. The molecule has 1 aliphatic rings. The molecule has 0 radical (unpaired) electrons. The first-order valence-corrected chi connectivity index (χ1v) is 6.43. The first kappa shape index (κ1) is 12.5. The van der Waals surface area contributed by atoms with Crippen LogP contribution in [0.1, 0.15) is 18.7 Å². The van der Waals surface area contributed by atoms with Crippen molar-refractivity contribution in [3.8, 4) is 0 Å². The minimum atomic E-state index is -0.686. The quantitative estimate of drug-likeness (QED) is 0.833. The number of hydrogen-bond donors (Lipinski definition) is 1. The van der Waals surface area contributed by atoms with E-state index in [0.29, 0.717) is 10.9 Å². The second-order valence-electron chi connectivity index (χ2n) is 4.47. The Morgan fingerprint density at radius 1 is 1.47 bits per heavy atom. The Bertz CT molecular complexity index is 470. The molecule has 4 nitrogen and oxygen atoms in total. The maximum absolute atomic E-state index is 12.1. The second-order valence-corrected chi connectivity index (χ2v) is 6.27. The van der Waals surface area contributed by atoms with E-state index in [9.17, 15) is 9.59 Å². The van der Waals surface area contributed by atoms with Gasteiger partial charge < -0.3 is 0 Å². The van der Waals surface area contributed by atoms with Crippen molar-refractivity contribution >= 4 is 34.8 Å². The van der Waals surface area contributed by atoms with Gasteiger partial charge in [-0.1, -0.05) is 11.6 Å². The van der Waals surface area contributed by atoms with Crippen molar-refractivity contribution in [3.05, 3.63) is 21.3 Å². The van der Waals surface area contributed by atoms with Gasteiger partial charge in [0.15, 0.2) is 0 Å². The van der Waals surface area contributed by atoms with E-state index < -0.39 is 5.54 Å². The predicted molar refractivity (Wildman–Crippen MR) is 67.0 cm³/mol. The topological polar surface area (TPSA) is 49.4 Å². The molecular formula is C11H13ClN2O2S. The smallest absolute Gasteiger partial charge is 0.249 e. The fourth-order valence-corrected chi connectivity index (χ4v) is 2.75. The zero-order valence-electron chi connectivity index (χ0n) is 9.62. The summed E-state index contributed by atoms with van der Waals surface area (Å²) >= 11 is 7.21. The van der Waals surface area contributed by atoms with E-state index in [2.05, 4.69) is 5.32 Å². The van der Waals surface area contributed by atoms with Crippen molar-refractivity contribution in [2.75, 3.05) is 6.54 Å². The van der Waals surface area contributed by atoms with Gasteiger partial charge in [0, 0.05) is 4.88 Å². The third kappa shape index (κ3) is 2.51. The molecule has 1 saturated heterocycles. The number of rotatable bonds is 2. The van der Waals surface area contributed by atoms with Crippen LogP contribution in [-0.4, -0.2) is 28.8 Å². The van der Waals surface area contributed by atoms with E-state index in [1.165, 1.54) is 16.2 Å². The van der Waals surface area contributed by atoms with Gasteiger partial charge in [0.1, 0.15) is 0 Å². The van der Waals surface area contributed by atoms with Crippen molar-refractivity contribution in [2.24, 2.45) is 0 Å². The molecule has 0 atom stereocenters. The molecule has 0 spiro atoms. The number of carbonyl (C=O) groups is 2. The standard InChI is InChI=1S/C11H13ClN2O2S/c1-11(2)10(16)14(9(15)5-13-11)6-7-3-4-8(12)17-7/h3-4,13H,5-6H2,1-2H3. The first-order valence-electron chi connectivity index (χ1n) is 5.24. The third-order valence-electron chi connectivity index (χ3n) is 2.71. The van der Waals surface area contributed by atoms with E-state index >= 15 is 0 Å². The van der Waals surface area contributed by atoms with Gasteiger partial charge in [0.2, 0.25) is 11.8 Å². The van der Waals surface area contributed by atoms with Crippen molar-refractivity contribution in [3.63, 3.8) is 0 Å². The van der Waals surface area contributed by atoms with E-state index in [4.69, 9.17) is 11.6 Å². The van der Waals surface area contributed by atoms with Crippen LogP contribution in [0.25, 0.3) is 0 Å². The summed E-state index contributed by atoms with van der Waals surface area (Å²) in [5.41, 5.74) is -0.686. The van der Waals surface area contributed by atoms with Crippen LogP contribution in [0.15, 0.2) is 12.1 Å². The highest BCUT2D eigenvalue weighted by atomic mass is 35.5. The maximum Gasteiger partial charge on any atom is 0.249 e. The lowest BCUT2D eigenvalue weighted by Gasteiger charge is -2.36.